The van der Waals surface area contributed by atoms with E-state index in [1.165, 1.54) is 6.92 Å². The van der Waals surface area contributed by atoms with Crippen LogP contribution in [0, 0.1) is 0 Å². The summed E-state index contributed by atoms with van der Waals surface area (Å²) in [6.07, 6.45) is -0.146. The van der Waals surface area contributed by atoms with Gasteiger partial charge in [-0.1, -0.05) is 0 Å². The van der Waals surface area contributed by atoms with E-state index in [1.54, 1.807) is 6.92 Å². The molecule has 0 fully saturated rings. The van der Waals surface area contributed by atoms with Crippen molar-refractivity contribution in [2.45, 2.75) is 20.0 Å². The molecule has 1 radical (unpaired) electrons. The van der Waals surface area contributed by atoms with Gasteiger partial charge in [-0.15, -0.1) is 0 Å². The SMILES string of the molecule is CC(=O)OC(C)CN.[Cu]. The number of ether oxygens (including phenoxy) is 1. The monoisotopic (exact) mass is 180 g/mol. The molecule has 0 aromatic heterocycles. The molecule has 1 unspecified atom stereocenters. The van der Waals surface area contributed by atoms with E-state index < -0.39 is 0 Å². The summed E-state index contributed by atoms with van der Waals surface area (Å²) in [4.78, 5) is 10.1. The van der Waals surface area contributed by atoms with E-state index in [1.807, 2.05) is 0 Å². The number of hydrogen-bond acceptors (Lipinski definition) is 3. The Bertz CT molecular complexity index is 87.0. The summed E-state index contributed by atoms with van der Waals surface area (Å²) in [5.41, 5.74) is 5.14. The van der Waals surface area contributed by atoms with Crippen molar-refractivity contribution in [3.63, 3.8) is 0 Å². The Morgan fingerprint density at radius 3 is 2.33 bits per heavy atom. The van der Waals surface area contributed by atoms with Crippen LogP contribution in [0.2, 0.25) is 0 Å². The van der Waals surface area contributed by atoms with Crippen molar-refractivity contribution in [1.82, 2.24) is 0 Å². The molecular formula is C5H11CuNO2. The van der Waals surface area contributed by atoms with Gasteiger partial charge < -0.3 is 10.5 Å². The van der Waals surface area contributed by atoms with Gasteiger partial charge in [-0.2, -0.15) is 0 Å². The third-order valence-electron chi connectivity index (χ3n) is 0.699. The maximum Gasteiger partial charge on any atom is 0.302 e. The molecule has 4 heteroatoms. The quantitative estimate of drug-likeness (QED) is 0.477. The second kappa shape index (κ2) is 6.08. The van der Waals surface area contributed by atoms with Crippen molar-refractivity contribution in [2.75, 3.05) is 6.54 Å². The first-order valence-electron chi connectivity index (χ1n) is 2.54. The molecule has 0 aromatic carbocycles. The molecule has 0 amide bonds. The molecule has 0 heterocycles. The molecule has 0 saturated heterocycles. The van der Waals surface area contributed by atoms with Gasteiger partial charge in [0.15, 0.2) is 0 Å². The van der Waals surface area contributed by atoms with Crippen molar-refractivity contribution in [1.29, 1.82) is 0 Å². The van der Waals surface area contributed by atoms with Crippen LogP contribution in [0.1, 0.15) is 13.8 Å². The van der Waals surface area contributed by atoms with E-state index in [9.17, 15) is 4.79 Å². The van der Waals surface area contributed by atoms with Crippen LogP contribution in [0.5, 0.6) is 0 Å². The van der Waals surface area contributed by atoms with Crippen LogP contribution in [0.3, 0.4) is 0 Å². The normalized spacial score (nSPS) is 11.4. The predicted molar refractivity (Wildman–Crippen MR) is 30.3 cm³/mol. The van der Waals surface area contributed by atoms with E-state index in [-0.39, 0.29) is 29.1 Å². The van der Waals surface area contributed by atoms with Gasteiger partial charge in [0.25, 0.3) is 0 Å². The molecular weight excluding hydrogens is 170 g/mol. The first-order valence-corrected chi connectivity index (χ1v) is 2.54. The molecule has 9 heavy (non-hydrogen) atoms. The number of esters is 1. The van der Waals surface area contributed by atoms with Crippen LogP contribution < -0.4 is 5.73 Å². The van der Waals surface area contributed by atoms with Gasteiger partial charge >= 0.3 is 5.97 Å². The van der Waals surface area contributed by atoms with Gasteiger partial charge in [0.1, 0.15) is 6.10 Å². The van der Waals surface area contributed by atoms with Gasteiger partial charge in [-0.3, -0.25) is 4.79 Å². The van der Waals surface area contributed by atoms with Crippen LogP contribution in [0.4, 0.5) is 0 Å². The third-order valence-corrected chi connectivity index (χ3v) is 0.699. The average Bonchev–Trinajstić information content (AvgIpc) is 1.65. The van der Waals surface area contributed by atoms with Crippen molar-refractivity contribution in [3.05, 3.63) is 0 Å². The molecule has 1 atom stereocenters. The topological polar surface area (TPSA) is 52.3 Å². The molecule has 0 rings (SSSR count). The Morgan fingerprint density at radius 2 is 2.22 bits per heavy atom. The van der Waals surface area contributed by atoms with E-state index in [4.69, 9.17) is 5.73 Å². The third kappa shape index (κ3) is 7.95. The Hall–Kier alpha value is -0.0505. The predicted octanol–water partition coefficient (Wildman–Crippen LogP) is -0.106. The largest absolute Gasteiger partial charge is 0.462 e. The van der Waals surface area contributed by atoms with Crippen LogP contribution in [0.25, 0.3) is 0 Å². The summed E-state index contributed by atoms with van der Waals surface area (Å²) in [6, 6.07) is 0. The number of hydrogen-bond donors (Lipinski definition) is 1. The molecule has 0 saturated carbocycles. The minimum atomic E-state index is -0.275. The van der Waals surface area contributed by atoms with Crippen LogP contribution in [0.15, 0.2) is 0 Å². The maximum atomic E-state index is 10.1. The fraction of sp³-hybridized carbons (Fsp3) is 0.800. The molecule has 0 spiro atoms. The fourth-order valence-corrected chi connectivity index (χ4v) is 0.331. The number of carbonyl (C=O) groups is 1. The van der Waals surface area contributed by atoms with Gasteiger partial charge in [0.05, 0.1) is 0 Å². The Morgan fingerprint density at radius 1 is 1.78 bits per heavy atom. The molecule has 0 aliphatic carbocycles. The zero-order valence-electron chi connectivity index (χ0n) is 5.48. The molecule has 2 N–H and O–H groups in total. The second-order valence-corrected chi connectivity index (χ2v) is 1.66. The summed E-state index contributed by atoms with van der Waals surface area (Å²) in [7, 11) is 0. The minimum absolute atomic E-state index is 0. The average molecular weight is 181 g/mol. The summed E-state index contributed by atoms with van der Waals surface area (Å²) < 4.78 is 4.64. The molecule has 0 bridgehead atoms. The smallest absolute Gasteiger partial charge is 0.302 e. The Kier molecular flexibility index (Phi) is 7.90. The van der Waals surface area contributed by atoms with Crippen molar-refractivity contribution < 1.29 is 26.6 Å². The second-order valence-electron chi connectivity index (χ2n) is 1.66. The Balaban J connectivity index is 0. The number of nitrogens with two attached hydrogens (primary N) is 1. The zero-order chi connectivity index (χ0) is 6.57. The van der Waals surface area contributed by atoms with Gasteiger partial charge in [0, 0.05) is 30.5 Å². The molecule has 0 aromatic rings. The van der Waals surface area contributed by atoms with Crippen molar-refractivity contribution in [2.24, 2.45) is 5.73 Å². The first-order chi connectivity index (χ1) is 3.66. The summed E-state index contributed by atoms with van der Waals surface area (Å²) in [6.45, 7) is 3.51. The van der Waals surface area contributed by atoms with E-state index in [0.717, 1.165) is 0 Å². The van der Waals surface area contributed by atoms with E-state index in [2.05, 4.69) is 4.74 Å². The van der Waals surface area contributed by atoms with Crippen LogP contribution >= 0.6 is 0 Å². The molecule has 3 nitrogen and oxygen atoms in total. The maximum absolute atomic E-state index is 10.1. The van der Waals surface area contributed by atoms with Crippen LogP contribution in [-0.2, 0) is 26.6 Å². The molecule has 0 aliphatic rings. The van der Waals surface area contributed by atoms with E-state index >= 15 is 0 Å². The summed E-state index contributed by atoms with van der Waals surface area (Å²) >= 11 is 0. The zero-order valence-corrected chi connectivity index (χ0v) is 6.42. The van der Waals surface area contributed by atoms with Crippen molar-refractivity contribution >= 4 is 5.97 Å². The molecule has 59 valence electrons. The van der Waals surface area contributed by atoms with Gasteiger partial charge in [0.2, 0.25) is 0 Å². The van der Waals surface area contributed by atoms with E-state index in [0.29, 0.717) is 6.54 Å². The number of rotatable bonds is 2. The summed E-state index contributed by atoms with van der Waals surface area (Å²) in [5.74, 6) is -0.275. The molecule has 0 aliphatic heterocycles. The van der Waals surface area contributed by atoms with Gasteiger partial charge in [-0.05, 0) is 6.92 Å². The van der Waals surface area contributed by atoms with Crippen LogP contribution in [-0.4, -0.2) is 18.6 Å². The standard InChI is InChI=1S/C5H11NO2.Cu/c1-4(3-6)8-5(2)7;/h4H,3,6H2,1-2H3;. The summed E-state index contributed by atoms with van der Waals surface area (Å²) in [5, 5.41) is 0. The first kappa shape index (κ1) is 11.7. The Labute approximate surface area is 65.4 Å². The minimum Gasteiger partial charge on any atom is -0.462 e. The number of carbonyl (C=O) groups excluding carboxylic acids is 1. The van der Waals surface area contributed by atoms with Crippen molar-refractivity contribution in [3.8, 4) is 0 Å². The fourth-order valence-electron chi connectivity index (χ4n) is 0.331. The van der Waals surface area contributed by atoms with Gasteiger partial charge in [-0.25, -0.2) is 0 Å².